The lowest BCUT2D eigenvalue weighted by molar-refractivity contribution is 0.0696. The highest BCUT2D eigenvalue weighted by atomic mass is 79.9. The van der Waals surface area contributed by atoms with E-state index in [1.807, 2.05) is 23.7 Å². The molecule has 0 amide bonds. The molecule has 5 nitrogen and oxygen atoms in total. The van der Waals surface area contributed by atoms with E-state index in [2.05, 4.69) is 30.7 Å². The van der Waals surface area contributed by atoms with Crippen molar-refractivity contribution >= 4 is 44.1 Å². The molecular weight excluding hydrogens is 354 g/mol. The van der Waals surface area contributed by atoms with Gasteiger partial charge in [-0.2, -0.15) is 0 Å². The standard InChI is InChI=1S/C14H14BrN3O2S/c15-10-2-1-3-11(12(10)13(19)20)17-5-7-18(8-6-17)14-16-4-9-21-14/h1-4,9H,5-8H2,(H,19,20). The van der Waals surface area contributed by atoms with Crippen LogP contribution in [0, 0.1) is 0 Å². The average Bonchev–Trinajstić information content (AvgIpc) is 3.01. The fraction of sp³-hybridized carbons (Fsp3) is 0.286. The fourth-order valence-electron chi connectivity index (χ4n) is 2.50. The Balaban J connectivity index is 1.78. The molecule has 1 aromatic heterocycles. The summed E-state index contributed by atoms with van der Waals surface area (Å²) in [5.41, 5.74) is 1.11. The van der Waals surface area contributed by atoms with Crippen LogP contribution in [0.1, 0.15) is 10.4 Å². The van der Waals surface area contributed by atoms with Crippen LogP contribution in [-0.4, -0.2) is 42.2 Å². The van der Waals surface area contributed by atoms with E-state index in [0.717, 1.165) is 37.0 Å². The number of halogens is 1. The van der Waals surface area contributed by atoms with Gasteiger partial charge in [0.1, 0.15) is 0 Å². The molecule has 0 bridgehead atoms. The molecule has 1 saturated heterocycles. The molecule has 0 saturated carbocycles. The number of benzene rings is 1. The zero-order chi connectivity index (χ0) is 14.8. The molecule has 110 valence electrons. The topological polar surface area (TPSA) is 56.7 Å². The van der Waals surface area contributed by atoms with Crippen LogP contribution < -0.4 is 9.80 Å². The zero-order valence-corrected chi connectivity index (χ0v) is 13.6. The minimum atomic E-state index is -0.903. The number of hydrogen-bond acceptors (Lipinski definition) is 5. The molecular formula is C14H14BrN3O2S. The van der Waals surface area contributed by atoms with Gasteiger partial charge in [-0.3, -0.25) is 0 Å². The molecule has 7 heteroatoms. The predicted octanol–water partition coefficient (Wildman–Crippen LogP) is 2.93. The van der Waals surface area contributed by atoms with Crippen molar-refractivity contribution < 1.29 is 9.90 Å². The molecule has 0 atom stereocenters. The maximum atomic E-state index is 11.5. The first-order valence-electron chi connectivity index (χ1n) is 6.58. The van der Waals surface area contributed by atoms with Gasteiger partial charge in [-0.15, -0.1) is 11.3 Å². The summed E-state index contributed by atoms with van der Waals surface area (Å²) in [5, 5.41) is 12.4. The Bertz CT molecular complexity index is 640. The van der Waals surface area contributed by atoms with Crippen molar-refractivity contribution in [1.29, 1.82) is 0 Å². The van der Waals surface area contributed by atoms with E-state index in [4.69, 9.17) is 0 Å². The van der Waals surface area contributed by atoms with Crippen molar-refractivity contribution in [3.05, 3.63) is 39.8 Å². The van der Waals surface area contributed by atoms with Crippen LogP contribution >= 0.6 is 27.3 Å². The van der Waals surface area contributed by atoms with E-state index in [-0.39, 0.29) is 0 Å². The van der Waals surface area contributed by atoms with Crippen LogP contribution in [0.4, 0.5) is 10.8 Å². The van der Waals surface area contributed by atoms with Gasteiger partial charge in [0.05, 0.1) is 11.3 Å². The molecule has 3 rings (SSSR count). The highest BCUT2D eigenvalue weighted by molar-refractivity contribution is 9.10. The lowest BCUT2D eigenvalue weighted by Gasteiger charge is -2.36. The van der Waals surface area contributed by atoms with Crippen molar-refractivity contribution in [3.63, 3.8) is 0 Å². The normalized spacial score (nSPS) is 15.3. The second-order valence-electron chi connectivity index (χ2n) is 4.73. The summed E-state index contributed by atoms with van der Waals surface area (Å²) < 4.78 is 0.620. The number of carboxylic acid groups (broad SMARTS) is 1. The maximum Gasteiger partial charge on any atom is 0.338 e. The minimum absolute atomic E-state index is 0.334. The summed E-state index contributed by atoms with van der Waals surface area (Å²) in [6, 6.07) is 5.51. The second kappa shape index (κ2) is 6.03. The van der Waals surface area contributed by atoms with Gasteiger partial charge in [-0.1, -0.05) is 6.07 Å². The van der Waals surface area contributed by atoms with Crippen LogP contribution in [0.25, 0.3) is 0 Å². The number of piperazine rings is 1. The Hall–Kier alpha value is -1.60. The zero-order valence-electron chi connectivity index (χ0n) is 11.2. The lowest BCUT2D eigenvalue weighted by atomic mass is 10.1. The van der Waals surface area contributed by atoms with Crippen LogP contribution in [0.5, 0.6) is 0 Å². The van der Waals surface area contributed by atoms with Crippen LogP contribution in [0.3, 0.4) is 0 Å². The quantitative estimate of drug-likeness (QED) is 0.903. The summed E-state index contributed by atoms with van der Waals surface area (Å²) in [4.78, 5) is 20.1. The third-order valence-electron chi connectivity index (χ3n) is 3.52. The molecule has 1 fully saturated rings. The van der Waals surface area contributed by atoms with Gasteiger partial charge in [0.25, 0.3) is 0 Å². The number of anilines is 2. The number of aromatic carboxylic acids is 1. The summed E-state index contributed by atoms with van der Waals surface area (Å²) in [6.07, 6.45) is 1.81. The van der Waals surface area contributed by atoms with Gasteiger partial charge >= 0.3 is 5.97 Å². The van der Waals surface area contributed by atoms with Gasteiger partial charge in [0.2, 0.25) is 0 Å². The number of aromatic nitrogens is 1. The Morgan fingerprint density at radius 2 is 1.95 bits per heavy atom. The summed E-state index contributed by atoms with van der Waals surface area (Å²) in [6.45, 7) is 3.27. The number of carboxylic acids is 1. The van der Waals surface area contributed by atoms with E-state index in [0.29, 0.717) is 10.0 Å². The Kier molecular flexibility index (Phi) is 4.12. The number of thiazole rings is 1. The molecule has 21 heavy (non-hydrogen) atoms. The Labute approximate surface area is 135 Å². The van der Waals surface area contributed by atoms with Gasteiger partial charge in [-0.25, -0.2) is 9.78 Å². The second-order valence-corrected chi connectivity index (χ2v) is 6.46. The molecule has 0 spiro atoms. The van der Waals surface area contributed by atoms with E-state index < -0.39 is 5.97 Å². The van der Waals surface area contributed by atoms with Gasteiger partial charge in [-0.05, 0) is 28.1 Å². The summed E-state index contributed by atoms with van der Waals surface area (Å²) in [7, 11) is 0. The molecule has 1 N–H and O–H groups in total. The van der Waals surface area contributed by atoms with Gasteiger partial charge in [0, 0.05) is 42.2 Å². The third kappa shape index (κ3) is 2.89. The van der Waals surface area contributed by atoms with Gasteiger partial charge in [0.15, 0.2) is 5.13 Å². The molecule has 1 aliphatic heterocycles. The van der Waals surface area contributed by atoms with Crippen molar-refractivity contribution in [1.82, 2.24) is 4.98 Å². The van der Waals surface area contributed by atoms with Crippen molar-refractivity contribution in [3.8, 4) is 0 Å². The van der Waals surface area contributed by atoms with Crippen LogP contribution in [0.15, 0.2) is 34.2 Å². The first-order chi connectivity index (χ1) is 10.2. The number of carbonyl (C=O) groups is 1. The highest BCUT2D eigenvalue weighted by Crippen LogP contribution is 2.29. The lowest BCUT2D eigenvalue weighted by Crippen LogP contribution is -2.47. The highest BCUT2D eigenvalue weighted by Gasteiger charge is 2.23. The van der Waals surface area contributed by atoms with Crippen molar-refractivity contribution in [2.45, 2.75) is 0 Å². The first kappa shape index (κ1) is 14.3. The SMILES string of the molecule is O=C(O)c1c(Br)cccc1N1CCN(c2nccs2)CC1. The maximum absolute atomic E-state index is 11.5. The molecule has 0 radical (unpaired) electrons. The van der Waals surface area contributed by atoms with E-state index in [1.165, 1.54) is 0 Å². The van der Waals surface area contributed by atoms with E-state index in [9.17, 15) is 9.90 Å². The van der Waals surface area contributed by atoms with Crippen molar-refractivity contribution in [2.75, 3.05) is 36.0 Å². The van der Waals surface area contributed by atoms with Gasteiger partial charge < -0.3 is 14.9 Å². The van der Waals surface area contributed by atoms with Crippen LogP contribution in [-0.2, 0) is 0 Å². The smallest absolute Gasteiger partial charge is 0.338 e. The molecule has 1 aromatic carbocycles. The van der Waals surface area contributed by atoms with E-state index >= 15 is 0 Å². The molecule has 1 aliphatic rings. The summed E-state index contributed by atoms with van der Waals surface area (Å²) in [5.74, 6) is -0.903. The number of hydrogen-bond donors (Lipinski definition) is 1. The molecule has 0 unspecified atom stereocenters. The average molecular weight is 368 g/mol. The largest absolute Gasteiger partial charge is 0.478 e. The number of rotatable bonds is 3. The number of nitrogens with zero attached hydrogens (tertiary/aromatic N) is 3. The van der Waals surface area contributed by atoms with E-state index in [1.54, 1.807) is 17.4 Å². The monoisotopic (exact) mass is 367 g/mol. The summed E-state index contributed by atoms with van der Waals surface area (Å²) >= 11 is 4.96. The van der Waals surface area contributed by atoms with Crippen molar-refractivity contribution in [2.24, 2.45) is 0 Å². The fourth-order valence-corrected chi connectivity index (χ4v) is 3.72. The Morgan fingerprint density at radius 1 is 1.24 bits per heavy atom. The van der Waals surface area contributed by atoms with Crippen LogP contribution in [0.2, 0.25) is 0 Å². The molecule has 2 aromatic rings. The molecule has 0 aliphatic carbocycles. The first-order valence-corrected chi connectivity index (χ1v) is 8.25. The Morgan fingerprint density at radius 3 is 2.57 bits per heavy atom. The third-order valence-corrected chi connectivity index (χ3v) is 5.01. The predicted molar refractivity (Wildman–Crippen MR) is 87.6 cm³/mol. The molecule has 2 heterocycles. The minimum Gasteiger partial charge on any atom is -0.478 e.